The first-order chi connectivity index (χ1) is 17.4. The van der Waals surface area contributed by atoms with E-state index in [4.69, 9.17) is 9.47 Å². The third-order valence-electron chi connectivity index (χ3n) is 5.60. The summed E-state index contributed by atoms with van der Waals surface area (Å²) in [7, 11) is 3.08. The predicted octanol–water partition coefficient (Wildman–Crippen LogP) is 6.16. The van der Waals surface area contributed by atoms with Gasteiger partial charge < -0.3 is 25.4 Å². The van der Waals surface area contributed by atoms with Gasteiger partial charge in [-0.3, -0.25) is 4.79 Å². The molecule has 0 aliphatic heterocycles. The van der Waals surface area contributed by atoms with Crippen LogP contribution in [0.4, 0.5) is 28.8 Å². The van der Waals surface area contributed by atoms with Gasteiger partial charge in [-0.1, -0.05) is 35.4 Å². The Morgan fingerprint density at radius 3 is 1.89 bits per heavy atom. The first-order valence-corrected chi connectivity index (χ1v) is 11.5. The zero-order valence-electron chi connectivity index (χ0n) is 21.0. The van der Waals surface area contributed by atoms with Crippen molar-refractivity contribution in [3.05, 3.63) is 89.1 Å². The summed E-state index contributed by atoms with van der Waals surface area (Å²) in [6.07, 6.45) is 0. The molecule has 184 valence electrons. The number of rotatable bonds is 8. The standard InChI is InChI=1S/C28H29N5O3/c1-17-6-11-21(12-7-17)30-26-25(32-27(34)20-10-15-23(35-4)24(16-20)36-5)19(3)29-28(33-26)31-22-13-8-18(2)9-14-22/h6-16H,1-5H3,(H,32,34)(H2,29,30,31,33). The summed E-state index contributed by atoms with van der Waals surface area (Å²) in [4.78, 5) is 22.5. The van der Waals surface area contributed by atoms with Gasteiger partial charge in [0.2, 0.25) is 5.95 Å². The van der Waals surface area contributed by atoms with Crippen molar-refractivity contribution in [1.82, 2.24) is 9.97 Å². The second-order valence-corrected chi connectivity index (χ2v) is 8.36. The van der Waals surface area contributed by atoms with E-state index in [-0.39, 0.29) is 5.91 Å². The van der Waals surface area contributed by atoms with Crippen LogP contribution in [0, 0.1) is 20.8 Å². The molecule has 0 unspecified atom stereocenters. The molecule has 3 N–H and O–H groups in total. The normalized spacial score (nSPS) is 10.5. The van der Waals surface area contributed by atoms with Crippen molar-refractivity contribution in [2.45, 2.75) is 20.8 Å². The summed E-state index contributed by atoms with van der Waals surface area (Å²) in [5.41, 5.74) is 5.49. The van der Waals surface area contributed by atoms with Gasteiger partial charge in [-0.15, -0.1) is 0 Å². The zero-order valence-corrected chi connectivity index (χ0v) is 21.0. The number of ether oxygens (including phenoxy) is 2. The van der Waals surface area contributed by atoms with E-state index in [0.717, 1.165) is 22.5 Å². The number of anilines is 5. The number of benzene rings is 3. The van der Waals surface area contributed by atoms with E-state index in [9.17, 15) is 4.79 Å². The third-order valence-corrected chi connectivity index (χ3v) is 5.60. The van der Waals surface area contributed by atoms with Crippen molar-refractivity contribution in [1.29, 1.82) is 0 Å². The smallest absolute Gasteiger partial charge is 0.255 e. The summed E-state index contributed by atoms with van der Waals surface area (Å²) < 4.78 is 10.6. The highest BCUT2D eigenvalue weighted by atomic mass is 16.5. The van der Waals surface area contributed by atoms with Crippen LogP contribution in [0.5, 0.6) is 11.5 Å². The molecule has 0 saturated carbocycles. The number of nitrogens with one attached hydrogen (secondary N) is 3. The Hall–Kier alpha value is -4.59. The van der Waals surface area contributed by atoms with Crippen LogP contribution in [-0.4, -0.2) is 30.1 Å². The lowest BCUT2D eigenvalue weighted by Crippen LogP contribution is -2.16. The molecule has 0 saturated heterocycles. The first-order valence-electron chi connectivity index (χ1n) is 11.5. The van der Waals surface area contributed by atoms with Crippen LogP contribution in [0.3, 0.4) is 0 Å². The Morgan fingerprint density at radius 2 is 1.31 bits per heavy atom. The van der Waals surface area contributed by atoms with Crippen molar-refractivity contribution < 1.29 is 14.3 Å². The Balaban J connectivity index is 1.68. The molecule has 0 bridgehead atoms. The number of aromatic nitrogens is 2. The van der Waals surface area contributed by atoms with Crippen molar-refractivity contribution in [3.8, 4) is 11.5 Å². The first kappa shape index (κ1) is 24.5. The average Bonchev–Trinajstić information content (AvgIpc) is 2.88. The van der Waals surface area contributed by atoms with Gasteiger partial charge in [0, 0.05) is 16.9 Å². The number of nitrogens with zero attached hydrogens (tertiary/aromatic N) is 2. The molecule has 0 fully saturated rings. The van der Waals surface area contributed by atoms with Crippen LogP contribution in [0.25, 0.3) is 0 Å². The van der Waals surface area contributed by atoms with Crippen molar-refractivity contribution >= 4 is 34.7 Å². The molecule has 1 amide bonds. The summed E-state index contributed by atoms with van der Waals surface area (Å²) in [5.74, 6) is 1.56. The molecular weight excluding hydrogens is 454 g/mol. The Bertz CT molecular complexity index is 1370. The number of aryl methyl sites for hydroxylation is 3. The van der Waals surface area contributed by atoms with Crippen molar-refractivity contribution in [3.63, 3.8) is 0 Å². The van der Waals surface area contributed by atoms with E-state index in [1.165, 1.54) is 7.11 Å². The van der Waals surface area contributed by atoms with Gasteiger partial charge in [0.05, 0.1) is 19.9 Å². The highest BCUT2D eigenvalue weighted by Gasteiger charge is 2.18. The molecule has 4 rings (SSSR count). The van der Waals surface area contributed by atoms with Gasteiger partial charge in [-0.2, -0.15) is 4.98 Å². The van der Waals surface area contributed by atoms with Gasteiger partial charge in [-0.25, -0.2) is 4.98 Å². The largest absolute Gasteiger partial charge is 0.493 e. The average molecular weight is 484 g/mol. The maximum Gasteiger partial charge on any atom is 0.255 e. The van der Waals surface area contributed by atoms with Crippen molar-refractivity contribution in [2.24, 2.45) is 0 Å². The number of methoxy groups -OCH3 is 2. The molecular formula is C28H29N5O3. The molecule has 3 aromatic carbocycles. The number of carbonyl (C=O) groups is 1. The monoisotopic (exact) mass is 483 g/mol. The molecule has 4 aromatic rings. The topological polar surface area (TPSA) is 97.4 Å². The molecule has 1 heterocycles. The van der Waals surface area contributed by atoms with E-state index < -0.39 is 0 Å². The van der Waals surface area contributed by atoms with Crippen LogP contribution >= 0.6 is 0 Å². The fraction of sp³-hybridized carbons (Fsp3) is 0.179. The molecule has 0 atom stereocenters. The molecule has 0 aliphatic rings. The molecule has 36 heavy (non-hydrogen) atoms. The predicted molar refractivity (Wildman–Crippen MR) is 143 cm³/mol. The lowest BCUT2D eigenvalue weighted by molar-refractivity contribution is 0.102. The van der Waals surface area contributed by atoms with Crippen LogP contribution in [-0.2, 0) is 0 Å². The highest BCUT2D eigenvalue weighted by molar-refractivity contribution is 6.06. The van der Waals surface area contributed by atoms with Gasteiger partial charge in [0.25, 0.3) is 5.91 Å². The van der Waals surface area contributed by atoms with Gasteiger partial charge in [-0.05, 0) is 63.2 Å². The Labute approximate surface area is 210 Å². The van der Waals surface area contributed by atoms with Gasteiger partial charge >= 0.3 is 0 Å². The second-order valence-electron chi connectivity index (χ2n) is 8.36. The second kappa shape index (κ2) is 10.8. The van der Waals surface area contributed by atoms with E-state index >= 15 is 0 Å². The number of carbonyl (C=O) groups excluding carboxylic acids is 1. The number of hydrogen-bond acceptors (Lipinski definition) is 7. The molecule has 1 aromatic heterocycles. The van der Waals surface area contributed by atoms with Crippen LogP contribution in [0.1, 0.15) is 27.2 Å². The zero-order chi connectivity index (χ0) is 25.7. The summed E-state index contributed by atoms with van der Waals surface area (Å²) in [5, 5.41) is 9.53. The van der Waals surface area contributed by atoms with E-state index in [0.29, 0.717) is 40.2 Å². The summed E-state index contributed by atoms with van der Waals surface area (Å²) in [6, 6.07) is 20.9. The fourth-order valence-electron chi connectivity index (χ4n) is 3.57. The Morgan fingerprint density at radius 1 is 0.722 bits per heavy atom. The third kappa shape index (κ3) is 5.72. The van der Waals surface area contributed by atoms with Crippen molar-refractivity contribution in [2.75, 3.05) is 30.2 Å². The van der Waals surface area contributed by atoms with Crippen LogP contribution in [0.2, 0.25) is 0 Å². The van der Waals surface area contributed by atoms with Gasteiger partial charge in [0.15, 0.2) is 17.3 Å². The number of hydrogen-bond donors (Lipinski definition) is 3. The van der Waals surface area contributed by atoms with E-state index in [2.05, 4.69) is 25.9 Å². The lowest BCUT2D eigenvalue weighted by atomic mass is 10.1. The van der Waals surface area contributed by atoms with Gasteiger partial charge in [0.1, 0.15) is 5.69 Å². The lowest BCUT2D eigenvalue weighted by Gasteiger charge is -2.17. The molecule has 0 aliphatic carbocycles. The minimum Gasteiger partial charge on any atom is -0.493 e. The summed E-state index contributed by atoms with van der Waals surface area (Å²) >= 11 is 0. The maximum absolute atomic E-state index is 13.2. The Kier molecular flexibility index (Phi) is 7.34. The molecule has 8 nitrogen and oxygen atoms in total. The highest BCUT2D eigenvalue weighted by Crippen LogP contribution is 2.31. The number of amides is 1. The van der Waals surface area contributed by atoms with Crippen LogP contribution in [0.15, 0.2) is 66.7 Å². The maximum atomic E-state index is 13.2. The van der Waals surface area contributed by atoms with Crippen LogP contribution < -0.4 is 25.4 Å². The molecule has 0 spiro atoms. The summed E-state index contributed by atoms with van der Waals surface area (Å²) in [6.45, 7) is 5.88. The minimum absolute atomic E-state index is 0.325. The molecule has 8 heteroatoms. The molecule has 0 radical (unpaired) electrons. The minimum atomic E-state index is -0.325. The SMILES string of the molecule is COc1ccc(C(=O)Nc2c(C)nc(Nc3ccc(C)cc3)nc2Nc2ccc(C)cc2)cc1OC. The van der Waals surface area contributed by atoms with E-state index in [1.54, 1.807) is 25.3 Å². The quantitative estimate of drug-likeness (QED) is 0.276. The fourth-order valence-corrected chi connectivity index (χ4v) is 3.57. The van der Waals surface area contributed by atoms with E-state index in [1.807, 2.05) is 69.3 Å².